The molecule has 0 bridgehead atoms. The van der Waals surface area contributed by atoms with Gasteiger partial charge in [0.2, 0.25) is 10.0 Å². The number of nitrogen functional groups attached to an aromatic ring is 1. The van der Waals surface area contributed by atoms with E-state index >= 15 is 0 Å². The Labute approximate surface area is 143 Å². The maximum atomic E-state index is 12.5. The van der Waals surface area contributed by atoms with Crippen LogP contribution in [0.1, 0.15) is 39.0 Å². The van der Waals surface area contributed by atoms with Gasteiger partial charge in [0, 0.05) is 15.5 Å². The molecule has 2 rings (SSSR count). The van der Waals surface area contributed by atoms with Gasteiger partial charge in [-0.1, -0.05) is 42.1 Å². The van der Waals surface area contributed by atoms with Crippen molar-refractivity contribution in [3.63, 3.8) is 0 Å². The molecule has 21 heavy (non-hydrogen) atoms. The quantitative estimate of drug-likeness (QED) is 0.695. The fraction of sp³-hybridized carbons (Fsp3) is 0.571. The van der Waals surface area contributed by atoms with Crippen LogP contribution in [-0.4, -0.2) is 15.0 Å². The lowest BCUT2D eigenvalue weighted by Gasteiger charge is -2.33. The molecule has 1 fully saturated rings. The van der Waals surface area contributed by atoms with Crippen molar-refractivity contribution in [3.05, 3.63) is 21.1 Å². The van der Waals surface area contributed by atoms with Gasteiger partial charge < -0.3 is 5.73 Å². The number of nitrogens with two attached hydrogens (primary N) is 1. The van der Waals surface area contributed by atoms with Gasteiger partial charge in [0.25, 0.3) is 0 Å². The number of rotatable bonds is 4. The van der Waals surface area contributed by atoms with Gasteiger partial charge in [-0.05, 0) is 46.3 Å². The molecule has 3 N–H and O–H groups in total. The highest BCUT2D eigenvalue weighted by molar-refractivity contribution is 9.11. The minimum atomic E-state index is -3.62. The maximum Gasteiger partial charge on any atom is 0.243 e. The Morgan fingerprint density at radius 3 is 2.43 bits per heavy atom. The van der Waals surface area contributed by atoms with Crippen LogP contribution in [0, 0.1) is 5.41 Å². The minimum absolute atomic E-state index is 0.0436. The summed E-state index contributed by atoms with van der Waals surface area (Å²) in [5.74, 6) is 0. The topological polar surface area (TPSA) is 72.2 Å². The molecular weight excluding hydrogens is 420 g/mol. The van der Waals surface area contributed by atoms with Gasteiger partial charge in [0.05, 0.1) is 5.69 Å². The molecule has 0 unspecified atom stereocenters. The molecule has 1 aromatic carbocycles. The molecule has 0 radical (unpaired) electrons. The van der Waals surface area contributed by atoms with Crippen molar-refractivity contribution in [2.45, 2.75) is 43.9 Å². The summed E-state index contributed by atoms with van der Waals surface area (Å²) in [6, 6.07) is 3.29. The van der Waals surface area contributed by atoms with Crippen LogP contribution >= 0.6 is 31.9 Å². The summed E-state index contributed by atoms with van der Waals surface area (Å²) in [4.78, 5) is 0.116. The third-order valence-electron chi connectivity index (χ3n) is 4.06. The van der Waals surface area contributed by atoms with Crippen LogP contribution in [0.2, 0.25) is 0 Å². The van der Waals surface area contributed by atoms with Crippen molar-refractivity contribution in [3.8, 4) is 0 Å². The van der Waals surface area contributed by atoms with Crippen molar-refractivity contribution in [1.82, 2.24) is 4.72 Å². The van der Waals surface area contributed by atoms with Gasteiger partial charge in [0.15, 0.2) is 0 Å². The van der Waals surface area contributed by atoms with E-state index in [9.17, 15) is 8.42 Å². The number of hydrogen-bond acceptors (Lipinski definition) is 3. The number of benzene rings is 1. The third-order valence-corrected chi connectivity index (χ3v) is 6.92. The van der Waals surface area contributed by atoms with Gasteiger partial charge in [0.1, 0.15) is 4.90 Å². The van der Waals surface area contributed by atoms with E-state index in [1.807, 2.05) is 0 Å². The molecule has 7 heteroatoms. The Hall–Kier alpha value is -0.110. The maximum absolute atomic E-state index is 12.5. The lowest BCUT2D eigenvalue weighted by atomic mass is 9.76. The molecule has 0 heterocycles. The van der Waals surface area contributed by atoms with E-state index in [4.69, 9.17) is 5.73 Å². The molecule has 4 nitrogen and oxygen atoms in total. The van der Waals surface area contributed by atoms with Crippen molar-refractivity contribution in [2.75, 3.05) is 12.3 Å². The Balaban J connectivity index is 2.19. The zero-order valence-corrected chi connectivity index (χ0v) is 15.9. The van der Waals surface area contributed by atoms with E-state index in [2.05, 4.69) is 43.5 Å². The Morgan fingerprint density at radius 2 is 1.86 bits per heavy atom. The smallest absolute Gasteiger partial charge is 0.243 e. The predicted molar refractivity (Wildman–Crippen MR) is 92.6 cm³/mol. The van der Waals surface area contributed by atoms with Crippen LogP contribution in [-0.2, 0) is 10.0 Å². The summed E-state index contributed by atoms with van der Waals surface area (Å²) in [6.07, 6.45) is 5.71. The zero-order chi connectivity index (χ0) is 15.7. The second-order valence-electron chi connectivity index (χ2n) is 6.00. The van der Waals surface area contributed by atoms with Crippen LogP contribution in [0.15, 0.2) is 26.0 Å². The van der Waals surface area contributed by atoms with Crippen molar-refractivity contribution < 1.29 is 8.42 Å². The molecule has 0 atom stereocenters. The molecule has 0 amide bonds. The Kier molecular flexibility index (Phi) is 5.39. The Morgan fingerprint density at radius 1 is 1.24 bits per heavy atom. The summed E-state index contributed by atoms with van der Waals surface area (Å²) < 4.78 is 29.0. The number of sulfonamides is 1. The normalized spacial score (nSPS) is 18.6. The first-order valence-electron chi connectivity index (χ1n) is 6.98. The highest BCUT2D eigenvalue weighted by atomic mass is 79.9. The number of halogens is 2. The summed E-state index contributed by atoms with van der Waals surface area (Å²) in [5, 5.41) is 0. The first-order valence-corrected chi connectivity index (χ1v) is 10.0. The summed E-state index contributed by atoms with van der Waals surface area (Å²) in [7, 11) is -3.62. The largest absolute Gasteiger partial charge is 0.398 e. The average Bonchev–Trinajstić information content (AvgIpc) is 2.36. The van der Waals surface area contributed by atoms with E-state index in [0.717, 1.165) is 17.3 Å². The summed E-state index contributed by atoms with van der Waals surface area (Å²) in [6.45, 7) is 2.60. The average molecular weight is 440 g/mol. The van der Waals surface area contributed by atoms with Crippen molar-refractivity contribution in [2.24, 2.45) is 5.41 Å². The molecule has 1 aliphatic rings. The molecule has 1 aliphatic carbocycles. The van der Waals surface area contributed by atoms with E-state index < -0.39 is 10.0 Å². The van der Waals surface area contributed by atoms with Crippen LogP contribution < -0.4 is 10.5 Å². The number of nitrogens with one attached hydrogen (secondary N) is 1. The van der Waals surface area contributed by atoms with E-state index in [1.165, 1.54) is 19.3 Å². The fourth-order valence-corrected chi connectivity index (χ4v) is 6.05. The zero-order valence-electron chi connectivity index (χ0n) is 12.0. The van der Waals surface area contributed by atoms with Gasteiger partial charge in [-0.15, -0.1) is 0 Å². The fourth-order valence-electron chi connectivity index (χ4n) is 2.79. The molecule has 1 aromatic rings. The molecular formula is C14H20Br2N2O2S. The first kappa shape index (κ1) is 17.2. The van der Waals surface area contributed by atoms with E-state index in [-0.39, 0.29) is 16.0 Å². The molecule has 0 saturated heterocycles. The van der Waals surface area contributed by atoms with Crippen LogP contribution in [0.3, 0.4) is 0 Å². The first-order chi connectivity index (χ1) is 9.73. The van der Waals surface area contributed by atoms with Crippen LogP contribution in [0.4, 0.5) is 5.69 Å². The van der Waals surface area contributed by atoms with Crippen molar-refractivity contribution >= 4 is 47.6 Å². The lowest BCUT2D eigenvalue weighted by Crippen LogP contribution is -2.37. The SMILES string of the molecule is CC1(CNS(=O)(=O)c2c(N)cc(Br)cc2Br)CCCCC1. The molecule has 1 saturated carbocycles. The third kappa shape index (κ3) is 4.21. The molecule has 118 valence electrons. The van der Waals surface area contributed by atoms with Crippen LogP contribution in [0.5, 0.6) is 0 Å². The summed E-state index contributed by atoms with van der Waals surface area (Å²) in [5.41, 5.74) is 6.15. The Bertz CT molecular complexity index is 603. The van der Waals surface area contributed by atoms with Gasteiger partial charge in [-0.3, -0.25) is 0 Å². The van der Waals surface area contributed by atoms with E-state index in [1.54, 1.807) is 12.1 Å². The molecule has 0 aromatic heterocycles. The highest BCUT2D eigenvalue weighted by Crippen LogP contribution is 2.36. The van der Waals surface area contributed by atoms with Crippen molar-refractivity contribution in [1.29, 1.82) is 0 Å². The van der Waals surface area contributed by atoms with Gasteiger partial charge >= 0.3 is 0 Å². The lowest BCUT2D eigenvalue weighted by molar-refractivity contribution is 0.219. The summed E-state index contributed by atoms with van der Waals surface area (Å²) >= 11 is 6.58. The second-order valence-corrected chi connectivity index (χ2v) is 9.48. The monoisotopic (exact) mass is 438 g/mol. The predicted octanol–water partition coefficient (Wildman–Crippen LogP) is 4.04. The van der Waals surface area contributed by atoms with Crippen LogP contribution in [0.25, 0.3) is 0 Å². The molecule has 0 aliphatic heterocycles. The van der Waals surface area contributed by atoms with Gasteiger partial charge in [-0.2, -0.15) is 0 Å². The second kappa shape index (κ2) is 6.56. The van der Waals surface area contributed by atoms with Gasteiger partial charge in [-0.25, -0.2) is 13.1 Å². The number of anilines is 1. The highest BCUT2D eigenvalue weighted by Gasteiger charge is 2.30. The standard InChI is InChI=1S/C14H20Br2N2O2S/c1-14(5-3-2-4-6-14)9-18-21(19,20)13-11(16)7-10(15)8-12(13)17/h7-8,18H,2-6,9,17H2,1H3. The number of hydrogen-bond donors (Lipinski definition) is 2. The minimum Gasteiger partial charge on any atom is -0.398 e. The van der Waals surface area contributed by atoms with E-state index in [0.29, 0.717) is 11.0 Å². The molecule has 0 spiro atoms.